The van der Waals surface area contributed by atoms with Crippen LogP contribution in [0.2, 0.25) is 0 Å². The summed E-state index contributed by atoms with van der Waals surface area (Å²) in [5.41, 5.74) is 1.40. The van der Waals surface area contributed by atoms with Crippen molar-refractivity contribution in [2.45, 2.75) is 57.6 Å². The van der Waals surface area contributed by atoms with Gasteiger partial charge in [-0.15, -0.1) is 0 Å². The highest BCUT2D eigenvalue weighted by atomic mass is 32.2. The topological polar surface area (TPSA) is 84.5 Å². The van der Waals surface area contributed by atoms with E-state index in [-0.39, 0.29) is 5.91 Å². The van der Waals surface area contributed by atoms with Crippen molar-refractivity contribution < 1.29 is 17.9 Å². The number of ether oxygens (including phenoxy) is 1. The van der Waals surface area contributed by atoms with Crippen LogP contribution in [0.5, 0.6) is 0 Å². The highest BCUT2D eigenvalue weighted by Gasteiger charge is 2.29. The predicted molar refractivity (Wildman–Crippen MR) is 104 cm³/mol. The van der Waals surface area contributed by atoms with E-state index in [0.29, 0.717) is 25.0 Å². The molecule has 6 nitrogen and oxygen atoms in total. The van der Waals surface area contributed by atoms with Crippen molar-refractivity contribution in [2.24, 2.45) is 0 Å². The number of methoxy groups -OCH3 is 1. The number of sulfonamides is 1. The van der Waals surface area contributed by atoms with E-state index in [1.807, 2.05) is 12.2 Å². The Labute approximate surface area is 157 Å². The lowest BCUT2D eigenvalue weighted by molar-refractivity contribution is -0.120. The minimum Gasteiger partial charge on any atom is -0.501 e. The van der Waals surface area contributed by atoms with Gasteiger partial charge in [0.1, 0.15) is 0 Å². The van der Waals surface area contributed by atoms with Gasteiger partial charge in [0.15, 0.2) is 0 Å². The van der Waals surface area contributed by atoms with Crippen LogP contribution in [0.15, 0.2) is 48.0 Å². The third-order valence-corrected chi connectivity index (χ3v) is 6.06. The summed E-state index contributed by atoms with van der Waals surface area (Å²) < 4.78 is 31.4. The Morgan fingerprint density at radius 1 is 1.27 bits per heavy atom. The second kappa shape index (κ2) is 9.62. The molecule has 7 heteroatoms. The molecule has 0 aromatic heterocycles. The third kappa shape index (κ3) is 7.07. The molecule has 0 atom stereocenters. The molecule has 0 saturated carbocycles. The summed E-state index contributed by atoms with van der Waals surface area (Å²) in [5, 5.41) is 2.89. The molecule has 0 unspecified atom stereocenters. The maximum Gasteiger partial charge on any atom is 0.237 e. The van der Waals surface area contributed by atoms with Gasteiger partial charge in [-0.1, -0.05) is 12.7 Å². The second-order valence-electron chi connectivity index (χ2n) is 7.08. The van der Waals surface area contributed by atoms with Crippen molar-refractivity contribution in [1.29, 1.82) is 0 Å². The molecule has 0 fully saturated rings. The monoisotopic (exact) mass is 382 g/mol. The van der Waals surface area contributed by atoms with Gasteiger partial charge >= 0.3 is 0 Å². The fourth-order valence-electron chi connectivity index (χ4n) is 2.21. The Morgan fingerprint density at radius 3 is 2.46 bits per heavy atom. The van der Waals surface area contributed by atoms with Gasteiger partial charge in [-0.25, -0.2) is 8.42 Å². The number of amides is 1. The maximum atomic E-state index is 12.3. The van der Waals surface area contributed by atoms with Gasteiger partial charge in [0.05, 0.1) is 17.6 Å². The maximum absolute atomic E-state index is 12.3. The average Bonchev–Trinajstić information content (AvgIpc) is 2.54. The Balaban J connectivity index is 2.52. The van der Waals surface area contributed by atoms with E-state index in [1.165, 1.54) is 6.08 Å². The third-order valence-electron chi connectivity index (χ3n) is 3.91. The summed E-state index contributed by atoms with van der Waals surface area (Å²) in [6, 6.07) is 0. The number of carbonyl (C=O) groups is 1. The molecular formula is C19H30N2O4S. The summed E-state index contributed by atoms with van der Waals surface area (Å²) in [5.74, 6) is 0.815. The summed E-state index contributed by atoms with van der Waals surface area (Å²) in [7, 11) is -1.86. The predicted octanol–water partition coefficient (Wildman–Crippen LogP) is 3.27. The average molecular weight is 383 g/mol. The number of carbonyl (C=O) groups excluding carboxylic acids is 1. The molecule has 0 spiro atoms. The Bertz CT molecular complexity index is 710. The molecule has 1 rings (SSSR count). The Hall–Kier alpha value is -2.02. The van der Waals surface area contributed by atoms with E-state index in [4.69, 9.17) is 4.74 Å². The molecule has 0 saturated heterocycles. The van der Waals surface area contributed by atoms with Gasteiger partial charge in [-0.3, -0.25) is 9.52 Å². The molecule has 1 aliphatic rings. The van der Waals surface area contributed by atoms with Gasteiger partial charge in [0.25, 0.3) is 0 Å². The Kier molecular flexibility index (Phi) is 8.14. The molecule has 2 N–H and O–H groups in total. The summed E-state index contributed by atoms with van der Waals surface area (Å²) in [6.45, 7) is 8.52. The van der Waals surface area contributed by atoms with Crippen LogP contribution in [-0.2, 0) is 19.6 Å². The fraction of sp³-hybridized carbons (Fsp3) is 0.526. The smallest absolute Gasteiger partial charge is 0.237 e. The SMILES string of the molecule is C=C/C=C(\CCCC(=O)NC1=CC=C(OC)CC1)NS(=O)(=O)C(C)(C)C. The fourth-order valence-corrected chi connectivity index (χ4v) is 3.03. The van der Waals surface area contributed by atoms with Crippen LogP contribution >= 0.6 is 0 Å². The first-order valence-electron chi connectivity index (χ1n) is 8.66. The summed E-state index contributed by atoms with van der Waals surface area (Å²) >= 11 is 0. The molecular weight excluding hydrogens is 352 g/mol. The van der Waals surface area contributed by atoms with Gasteiger partial charge in [0, 0.05) is 24.2 Å². The molecule has 1 aliphatic carbocycles. The van der Waals surface area contributed by atoms with Crippen LogP contribution < -0.4 is 10.0 Å². The van der Waals surface area contributed by atoms with Crippen molar-refractivity contribution in [1.82, 2.24) is 10.0 Å². The minimum atomic E-state index is -3.49. The lowest BCUT2D eigenvalue weighted by Crippen LogP contribution is -2.38. The quantitative estimate of drug-likeness (QED) is 0.600. The van der Waals surface area contributed by atoms with Gasteiger partial charge < -0.3 is 10.1 Å². The largest absolute Gasteiger partial charge is 0.501 e. The van der Waals surface area contributed by atoms with Crippen LogP contribution in [0.4, 0.5) is 0 Å². The normalized spacial score (nSPS) is 15.6. The number of hydrogen-bond donors (Lipinski definition) is 2. The van der Waals surface area contributed by atoms with Crippen LogP contribution in [-0.4, -0.2) is 26.2 Å². The number of hydrogen-bond acceptors (Lipinski definition) is 4. The first-order valence-corrected chi connectivity index (χ1v) is 10.1. The molecule has 0 aliphatic heterocycles. The molecule has 0 radical (unpaired) electrons. The zero-order valence-corrected chi connectivity index (χ0v) is 16.9. The van der Waals surface area contributed by atoms with Crippen molar-refractivity contribution in [3.63, 3.8) is 0 Å². The summed E-state index contributed by atoms with van der Waals surface area (Å²) in [4.78, 5) is 12.1. The highest BCUT2D eigenvalue weighted by molar-refractivity contribution is 7.90. The van der Waals surface area contributed by atoms with E-state index < -0.39 is 14.8 Å². The number of allylic oxidation sites excluding steroid dienone is 7. The molecule has 1 amide bonds. The van der Waals surface area contributed by atoms with Crippen LogP contribution in [0.1, 0.15) is 52.9 Å². The van der Waals surface area contributed by atoms with Crippen molar-refractivity contribution in [3.05, 3.63) is 48.0 Å². The van der Waals surface area contributed by atoms with Gasteiger partial charge in [-0.2, -0.15) is 0 Å². The molecule has 0 aromatic carbocycles. The van der Waals surface area contributed by atoms with Crippen LogP contribution in [0, 0.1) is 0 Å². The molecule has 0 bridgehead atoms. The van der Waals surface area contributed by atoms with Crippen LogP contribution in [0.25, 0.3) is 0 Å². The molecule has 26 heavy (non-hydrogen) atoms. The number of nitrogens with one attached hydrogen (secondary N) is 2. The second-order valence-corrected chi connectivity index (χ2v) is 9.51. The highest BCUT2D eigenvalue weighted by Crippen LogP contribution is 2.18. The first-order chi connectivity index (χ1) is 12.1. The van der Waals surface area contributed by atoms with E-state index >= 15 is 0 Å². The van der Waals surface area contributed by atoms with Crippen molar-refractivity contribution >= 4 is 15.9 Å². The lowest BCUT2D eigenvalue weighted by atomic mass is 10.1. The van der Waals surface area contributed by atoms with E-state index in [2.05, 4.69) is 16.6 Å². The van der Waals surface area contributed by atoms with Crippen molar-refractivity contribution in [3.8, 4) is 0 Å². The lowest BCUT2D eigenvalue weighted by Gasteiger charge is -2.22. The van der Waals surface area contributed by atoms with Crippen LogP contribution in [0.3, 0.4) is 0 Å². The van der Waals surface area contributed by atoms with Gasteiger partial charge in [-0.05, 0) is 58.3 Å². The molecule has 0 aromatic rings. The van der Waals surface area contributed by atoms with E-state index in [0.717, 1.165) is 24.3 Å². The Morgan fingerprint density at radius 2 is 1.96 bits per heavy atom. The van der Waals surface area contributed by atoms with Gasteiger partial charge in [0.2, 0.25) is 15.9 Å². The molecule has 0 heterocycles. The summed E-state index contributed by atoms with van der Waals surface area (Å²) in [6.07, 6.45) is 9.65. The standard InChI is InChI=1S/C19H30N2O4S/c1-6-8-16(21-26(23,24)19(2,3)4)9-7-10-18(22)20-15-11-13-17(25-5)14-12-15/h6,8,11,13,21H,1,7,9-10,12,14H2,2-5H3,(H,20,22)/b16-8+. The zero-order chi connectivity index (χ0) is 19.8. The molecule has 146 valence electrons. The zero-order valence-electron chi connectivity index (χ0n) is 16.1. The van der Waals surface area contributed by atoms with E-state index in [9.17, 15) is 13.2 Å². The van der Waals surface area contributed by atoms with Crippen molar-refractivity contribution in [2.75, 3.05) is 7.11 Å². The minimum absolute atomic E-state index is 0.0813. The number of rotatable bonds is 9. The van der Waals surface area contributed by atoms with E-state index in [1.54, 1.807) is 34.0 Å². The first kappa shape index (κ1) is 22.0.